The molecule has 0 saturated carbocycles. The van der Waals surface area contributed by atoms with Gasteiger partial charge in [-0.15, -0.1) is 0 Å². The van der Waals surface area contributed by atoms with Gasteiger partial charge in [0.05, 0.1) is 12.8 Å². The zero-order chi connectivity index (χ0) is 32.7. The first-order valence-corrected chi connectivity index (χ1v) is 16.6. The summed E-state index contributed by atoms with van der Waals surface area (Å²) >= 11 is 0. The van der Waals surface area contributed by atoms with Crippen LogP contribution in [0.2, 0.25) is 0 Å². The Morgan fingerprint density at radius 2 is 0.958 bits per heavy atom. The quantitative estimate of drug-likeness (QED) is 0.176. The number of para-hydroxylation sites is 2. The summed E-state index contributed by atoms with van der Waals surface area (Å²) in [5.74, 6) is 0.859. The van der Waals surface area contributed by atoms with Crippen molar-refractivity contribution in [2.24, 2.45) is 0 Å². The highest BCUT2D eigenvalue weighted by molar-refractivity contribution is 5.93. The molecule has 0 atom stereocenters. The highest BCUT2D eigenvalue weighted by Crippen LogP contribution is 2.51. The van der Waals surface area contributed by atoms with Gasteiger partial charge in [-0.2, -0.15) is 0 Å². The van der Waals surface area contributed by atoms with Gasteiger partial charge in [-0.1, -0.05) is 135 Å². The Labute approximate surface area is 283 Å². The molecular weight excluding hydrogens is 583 g/mol. The summed E-state index contributed by atoms with van der Waals surface area (Å²) in [4.78, 5) is 2.38. The van der Waals surface area contributed by atoms with E-state index in [1.54, 1.807) is 7.11 Å². The molecule has 2 nitrogen and oxygen atoms in total. The van der Waals surface area contributed by atoms with Gasteiger partial charge in [0.1, 0.15) is 5.75 Å². The van der Waals surface area contributed by atoms with Gasteiger partial charge in [-0.05, 0) is 93.0 Å². The van der Waals surface area contributed by atoms with E-state index < -0.39 is 0 Å². The van der Waals surface area contributed by atoms with Gasteiger partial charge >= 0.3 is 0 Å². The van der Waals surface area contributed by atoms with Crippen molar-refractivity contribution < 1.29 is 4.74 Å². The lowest BCUT2D eigenvalue weighted by molar-refractivity contribution is 0.416. The molecule has 7 aromatic rings. The second-order valence-electron chi connectivity index (χ2n) is 12.9. The van der Waals surface area contributed by atoms with Crippen LogP contribution in [0.1, 0.15) is 25.0 Å². The Morgan fingerprint density at radius 1 is 0.417 bits per heavy atom. The fourth-order valence-electron chi connectivity index (χ4n) is 7.32. The number of benzene rings is 7. The first-order chi connectivity index (χ1) is 23.5. The van der Waals surface area contributed by atoms with Crippen LogP contribution in [0.15, 0.2) is 170 Å². The number of rotatable bonds is 7. The Kier molecular flexibility index (Phi) is 7.42. The number of hydrogen-bond donors (Lipinski definition) is 0. The lowest BCUT2D eigenvalue weighted by atomic mass is 9.81. The summed E-state index contributed by atoms with van der Waals surface area (Å²) < 4.78 is 5.82. The second kappa shape index (κ2) is 12.1. The third kappa shape index (κ3) is 5.07. The molecule has 0 bridgehead atoms. The minimum absolute atomic E-state index is 0.102. The van der Waals surface area contributed by atoms with Crippen LogP contribution in [0, 0.1) is 0 Å². The average Bonchev–Trinajstić information content (AvgIpc) is 3.38. The van der Waals surface area contributed by atoms with Crippen molar-refractivity contribution in [2.45, 2.75) is 19.3 Å². The number of nitrogens with zero attached hydrogens (tertiary/aromatic N) is 1. The maximum absolute atomic E-state index is 5.82. The molecule has 0 saturated heterocycles. The van der Waals surface area contributed by atoms with Crippen molar-refractivity contribution in [2.75, 3.05) is 12.0 Å². The molecule has 232 valence electrons. The van der Waals surface area contributed by atoms with Crippen molar-refractivity contribution in [3.8, 4) is 50.3 Å². The van der Waals surface area contributed by atoms with Crippen LogP contribution in [0.5, 0.6) is 5.75 Å². The maximum atomic E-state index is 5.82. The Morgan fingerprint density at radius 3 is 1.71 bits per heavy atom. The number of ether oxygens (including phenoxy) is 1. The smallest absolute Gasteiger partial charge is 0.126 e. The lowest BCUT2D eigenvalue weighted by Gasteiger charge is -2.29. The summed E-state index contributed by atoms with van der Waals surface area (Å²) in [5, 5.41) is 0. The van der Waals surface area contributed by atoms with E-state index in [1.165, 1.54) is 38.9 Å². The van der Waals surface area contributed by atoms with Crippen LogP contribution >= 0.6 is 0 Å². The van der Waals surface area contributed by atoms with Crippen LogP contribution in [0.4, 0.5) is 17.1 Å². The van der Waals surface area contributed by atoms with Crippen molar-refractivity contribution in [3.63, 3.8) is 0 Å². The maximum Gasteiger partial charge on any atom is 0.126 e. The van der Waals surface area contributed by atoms with Gasteiger partial charge in [0.2, 0.25) is 0 Å². The van der Waals surface area contributed by atoms with Gasteiger partial charge in [-0.3, -0.25) is 0 Å². The summed E-state index contributed by atoms with van der Waals surface area (Å²) in [7, 11) is 1.74. The van der Waals surface area contributed by atoms with E-state index in [4.69, 9.17) is 4.74 Å². The van der Waals surface area contributed by atoms with Gasteiger partial charge in [0.15, 0.2) is 0 Å². The number of anilines is 3. The van der Waals surface area contributed by atoms with E-state index in [-0.39, 0.29) is 5.41 Å². The summed E-state index contributed by atoms with van der Waals surface area (Å²) in [5.41, 5.74) is 15.5. The monoisotopic (exact) mass is 619 g/mol. The minimum Gasteiger partial charge on any atom is -0.496 e. The van der Waals surface area contributed by atoms with E-state index in [9.17, 15) is 0 Å². The number of methoxy groups -OCH3 is 1. The highest BCUT2D eigenvalue weighted by atomic mass is 16.5. The van der Waals surface area contributed by atoms with Gasteiger partial charge in [-0.25, -0.2) is 0 Å². The molecule has 1 aliphatic carbocycles. The summed E-state index contributed by atoms with van der Waals surface area (Å²) in [6, 6.07) is 61.1. The Bertz CT molecular complexity index is 2230. The van der Waals surface area contributed by atoms with E-state index in [1.807, 2.05) is 12.1 Å². The zero-order valence-corrected chi connectivity index (χ0v) is 27.5. The molecule has 0 aliphatic heterocycles. The molecule has 0 fully saturated rings. The first kappa shape index (κ1) is 29.5. The zero-order valence-electron chi connectivity index (χ0n) is 27.5. The normalized spacial score (nSPS) is 12.6. The van der Waals surface area contributed by atoms with Crippen molar-refractivity contribution in [3.05, 3.63) is 181 Å². The summed E-state index contributed by atoms with van der Waals surface area (Å²) in [6.07, 6.45) is 0. The molecule has 0 spiro atoms. The van der Waals surface area contributed by atoms with E-state index in [0.717, 1.165) is 39.5 Å². The fraction of sp³-hybridized carbons (Fsp3) is 0.0870. The molecule has 48 heavy (non-hydrogen) atoms. The Hall–Kier alpha value is -5.86. The molecule has 1 aliphatic rings. The van der Waals surface area contributed by atoms with Crippen LogP contribution in [-0.2, 0) is 5.41 Å². The van der Waals surface area contributed by atoms with Crippen LogP contribution in [0.3, 0.4) is 0 Å². The molecule has 0 aromatic heterocycles. The predicted molar refractivity (Wildman–Crippen MR) is 202 cm³/mol. The van der Waals surface area contributed by atoms with Crippen LogP contribution in [0.25, 0.3) is 44.5 Å². The van der Waals surface area contributed by atoms with Gasteiger partial charge in [0.25, 0.3) is 0 Å². The third-order valence-corrected chi connectivity index (χ3v) is 9.80. The van der Waals surface area contributed by atoms with Crippen LogP contribution < -0.4 is 9.64 Å². The number of hydrogen-bond acceptors (Lipinski definition) is 2. The second-order valence-corrected chi connectivity index (χ2v) is 12.9. The van der Waals surface area contributed by atoms with Crippen LogP contribution in [-0.4, -0.2) is 7.11 Å². The largest absolute Gasteiger partial charge is 0.496 e. The molecule has 0 radical (unpaired) electrons. The SMILES string of the molecule is COc1ccccc1-c1ccc(N(c2ccccc2)c2ccc(-c3ccccc3)cc2)c(-c2ccc3c(c2)C(C)(C)c2ccccc2-3)c1. The lowest BCUT2D eigenvalue weighted by Crippen LogP contribution is -2.15. The van der Waals surface area contributed by atoms with Crippen molar-refractivity contribution in [1.82, 2.24) is 0 Å². The standard InChI is InChI=1S/C46H37NO/c1-46(2)42-20-12-10-19-39(42)40-28-24-35(31-43(40)46)41-30-34(38-18-11-13-21-45(38)48-3)25-29-44(41)47(36-16-8-5-9-17-36)37-26-22-33(23-27-37)32-14-6-4-7-15-32/h4-31H,1-3H3. The molecule has 7 aromatic carbocycles. The predicted octanol–water partition coefficient (Wildman–Crippen LogP) is 12.5. The first-order valence-electron chi connectivity index (χ1n) is 16.6. The fourth-order valence-corrected chi connectivity index (χ4v) is 7.32. The number of fused-ring (bicyclic) bond motifs is 3. The Balaban J connectivity index is 1.34. The highest BCUT2D eigenvalue weighted by Gasteiger charge is 2.35. The van der Waals surface area contributed by atoms with Crippen molar-refractivity contribution >= 4 is 17.1 Å². The third-order valence-electron chi connectivity index (χ3n) is 9.80. The topological polar surface area (TPSA) is 12.5 Å². The van der Waals surface area contributed by atoms with Gasteiger partial charge in [0, 0.05) is 27.9 Å². The molecule has 8 rings (SSSR count). The molecule has 2 heteroatoms. The molecule has 0 amide bonds. The van der Waals surface area contributed by atoms with E-state index in [2.05, 4.69) is 176 Å². The molecule has 0 heterocycles. The minimum atomic E-state index is -0.102. The summed E-state index contributed by atoms with van der Waals surface area (Å²) in [6.45, 7) is 4.69. The van der Waals surface area contributed by atoms with E-state index in [0.29, 0.717) is 0 Å². The average molecular weight is 620 g/mol. The molecule has 0 N–H and O–H groups in total. The van der Waals surface area contributed by atoms with Gasteiger partial charge < -0.3 is 9.64 Å². The van der Waals surface area contributed by atoms with Crippen molar-refractivity contribution in [1.29, 1.82) is 0 Å². The van der Waals surface area contributed by atoms with E-state index >= 15 is 0 Å². The molecular formula is C46H37NO. The molecule has 0 unspecified atom stereocenters.